The minimum atomic E-state index is -0.729. The van der Waals surface area contributed by atoms with Crippen molar-refractivity contribution in [1.29, 1.82) is 0 Å². The molecule has 0 saturated heterocycles. The first-order chi connectivity index (χ1) is 12.6. The molecule has 142 valence electrons. The highest BCUT2D eigenvalue weighted by molar-refractivity contribution is 6.05. The normalized spacial score (nSPS) is 11.0. The Morgan fingerprint density at radius 1 is 1.04 bits per heavy atom. The van der Waals surface area contributed by atoms with Gasteiger partial charge in [0.25, 0.3) is 11.8 Å². The number of amides is 2. The topological polar surface area (TPSA) is 72.5 Å². The number of esters is 1. The Bertz CT molecular complexity index is 838. The van der Waals surface area contributed by atoms with Crippen LogP contribution in [0.2, 0.25) is 0 Å². The van der Waals surface area contributed by atoms with Gasteiger partial charge in [0.15, 0.2) is 6.61 Å². The summed E-state index contributed by atoms with van der Waals surface area (Å²) >= 11 is 0. The van der Waals surface area contributed by atoms with Crippen LogP contribution >= 0.6 is 0 Å². The third kappa shape index (κ3) is 6.33. The first-order valence-electron chi connectivity index (χ1n) is 8.50. The van der Waals surface area contributed by atoms with Gasteiger partial charge < -0.3 is 4.74 Å². The van der Waals surface area contributed by atoms with Gasteiger partial charge in [-0.05, 0) is 40.8 Å². The SMILES string of the molecule is CC(C)(C)c1ccc(C(=O)NC(=O)COC(=O)Cc2cccc(F)c2)cc1. The molecule has 0 spiro atoms. The molecule has 27 heavy (non-hydrogen) atoms. The average Bonchev–Trinajstić information content (AvgIpc) is 2.59. The highest BCUT2D eigenvalue weighted by Gasteiger charge is 2.16. The van der Waals surface area contributed by atoms with Crippen molar-refractivity contribution in [2.45, 2.75) is 32.6 Å². The summed E-state index contributed by atoms with van der Waals surface area (Å²) in [4.78, 5) is 35.6. The van der Waals surface area contributed by atoms with Crippen molar-refractivity contribution in [3.63, 3.8) is 0 Å². The monoisotopic (exact) mass is 371 g/mol. The molecule has 2 aromatic rings. The van der Waals surface area contributed by atoms with Gasteiger partial charge in [0.05, 0.1) is 6.42 Å². The summed E-state index contributed by atoms with van der Waals surface area (Å²) < 4.78 is 17.9. The maximum atomic E-state index is 13.1. The van der Waals surface area contributed by atoms with Crippen molar-refractivity contribution in [3.05, 3.63) is 71.0 Å². The first kappa shape index (κ1) is 20.3. The van der Waals surface area contributed by atoms with E-state index in [9.17, 15) is 18.8 Å². The van der Waals surface area contributed by atoms with Crippen LogP contribution in [0.3, 0.4) is 0 Å². The molecule has 0 heterocycles. The molecule has 0 saturated carbocycles. The van der Waals surface area contributed by atoms with E-state index in [-0.39, 0.29) is 11.8 Å². The van der Waals surface area contributed by atoms with Crippen LogP contribution in [0, 0.1) is 5.82 Å². The second-order valence-corrected chi connectivity index (χ2v) is 7.17. The Hall–Kier alpha value is -3.02. The standard InChI is InChI=1S/C21H22FNO4/c1-21(2,3)16-9-7-15(8-10-16)20(26)23-18(24)13-27-19(25)12-14-5-4-6-17(22)11-14/h4-11H,12-13H2,1-3H3,(H,23,24,26). The van der Waals surface area contributed by atoms with Crippen molar-refractivity contribution in [1.82, 2.24) is 5.32 Å². The van der Waals surface area contributed by atoms with Crippen LogP contribution in [0.15, 0.2) is 48.5 Å². The molecule has 5 nitrogen and oxygen atoms in total. The van der Waals surface area contributed by atoms with E-state index >= 15 is 0 Å². The quantitative estimate of drug-likeness (QED) is 0.820. The average molecular weight is 371 g/mol. The van der Waals surface area contributed by atoms with Gasteiger partial charge in [-0.3, -0.25) is 19.7 Å². The number of hydrogen-bond donors (Lipinski definition) is 1. The number of benzene rings is 2. The van der Waals surface area contributed by atoms with Gasteiger partial charge in [0, 0.05) is 5.56 Å². The first-order valence-corrected chi connectivity index (χ1v) is 8.50. The summed E-state index contributed by atoms with van der Waals surface area (Å²) in [7, 11) is 0. The molecule has 2 aromatic carbocycles. The van der Waals surface area contributed by atoms with Crippen molar-refractivity contribution in [3.8, 4) is 0 Å². The van der Waals surface area contributed by atoms with E-state index in [0.29, 0.717) is 11.1 Å². The van der Waals surface area contributed by atoms with Gasteiger partial charge in [-0.2, -0.15) is 0 Å². The summed E-state index contributed by atoms with van der Waals surface area (Å²) in [5, 5.41) is 2.17. The fourth-order valence-corrected chi connectivity index (χ4v) is 2.37. The van der Waals surface area contributed by atoms with Crippen molar-refractivity contribution < 1.29 is 23.5 Å². The van der Waals surface area contributed by atoms with Crippen molar-refractivity contribution in [2.24, 2.45) is 0 Å². The van der Waals surface area contributed by atoms with Gasteiger partial charge in [0.1, 0.15) is 5.82 Å². The van der Waals surface area contributed by atoms with Crippen molar-refractivity contribution in [2.75, 3.05) is 6.61 Å². The molecule has 2 rings (SSSR count). The summed E-state index contributed by atoms with van der Waals surface area (Å²) in [6.45, 7) is 5.59. The minimum absolute atomic E-state index is 0.0410. The van der Waals surface area contributed by atoms with Crippen LogP contribution in [0.5, 0.6) is 0 Å². The van der Waals surface area contributed by atoms with Crippen LogP contribution in [-0.2, 0) is 26.2 Å². The molecule has 0 bridgehead atoms. The number of imide groups is 1. The number of ether oxygens (including phenoxy) is 1. The lowest BCUT2D eigenvalue weighted by molar-refractivity contribution is -0.147. The summed E-state index contributed by atoms with van der Waals surface area (Å²) in [6.07, 6.45) is -0.159. The Morgan fingerprint density at radius 2 is 1.70 bits per heavy atom. The highest BCUT2D eigenvalue weighted by atomic mass is 19.1. The number of nitrogens with one attached hydrogen (secondary N) is 1. The number of hydrogen-bond acceptors (Lipinski definition) is 4. The molecule has 0 aliphatic rings. The summed E-state index contributed by atoms with van der Waals surface area (Å²) in [6, 6.07) is 12.5. The van der Waals surface area contributed by atoms with Gasteiger partial charge >= 0.3 is 5.97 Å². The van der Waals surface area contributed by atoms with Gasteiger partial charge in [-0.15, -0.1) is 0 Å². The molecule has 6 heteroatoms. The molecule has 0 aliphatic heterocycles. The lowest BCUT2D eigenvalue weighted by Crippen LogP contribution is -2.34. The summed E-state index contributed by atoms with van der Waals surface area (Å²) in [5.74, 6) is -2.44. The molecule has 0 fully saturated rings. The Morgan fingerprint density at radius 3 is 2.30 bits per heavy atom. The van der Waals surface area contributed by atoms with E-state index in [1.807, 2.05) is 12.1 Å². The van der Waals surface area contributed by atoms with E-state index in [0.717, 1.165) is 5.56 Å². The van der Waals surface area contributed by atoms with Crippen LogP contribution in [-0.4, -0.2) is 24.4 Å². The third-order valence-electron chi connectivity index (χ3n) is 3.87. The smallest absolute Gasteiger partial charge is 0.310 e. The van der Waals surface area contributed by atoms with E-state index in [1.54, 1.807) is 18.2 Å². The van der Waals surface area contributed by atoms with Crippen LogP contribution in [0.25, 0.3) is 0 Å². The molecule has 1 N–H and O–H groups in total. The Balaban J connectivity index is 1.82. The van der Waals surface area contributed by atoms with Gasteiger partial charge in [-0.25, -0.2) is 4.39 Å². The highest BCUT2D eigenvalue weighted by Crippen LogP contribution is 2.22. The molecule has 0 radical (unpaired) electrons. The zero-order chi connectivity index (χ0) is 20.0. The lowest BCUT2D eigenvalue weighted by Gasteiger charge is -2.18. The molecule has 0 atom stereocenters. The zero-order valence-electron chi connectivity index (χ0n) is 15.5. The minimum Gasteiger partial charge on any atom is -0.455 e. The summed E-state index contributed by atoms with van der Waals surface area (Å²) in [5.41, 5.74) is 1.80. The number of rotatable bonds is 5. The van der Waals surface area contributed by atoms with Crippen molar-refractivity contribution >= 4 is 17.8 Å². The van der Waals surface area contributed by atoms with E-state index in [2.05, 4.69) is 26.1 Å². The predicted molar refractivity (Wildman–Crippen MR) is 98.7 cm³/mol. The number of carbonyl (C=O) groups excluding carboxylic acids is 3. The van der Waals surface area contributed by atoms with E-state index < -0.39 is 30.2 Å². The molecular formula is C21H22FNO4. The Kier molecular flexibility index (Phi) is 6.45. The fourth-order valence-electron chi connectivity index (χ4n) is 2.37. The number of carbonyl (C=O) groups is 3. The molecule has 0 aromatic heterocycles. The van der Waals surface area contributed by atoms with Crippen LogP contribution < -0.4 is 5.32 Å². The second-order valence-electron chi connectivity index (χ2n) is 7.17. The molecule has 2 amide bonds. The van der Waals surface area contributed by atoms with Crippen LogP contribution in [0.4, 0.5) is 4.39 Å². The maximum absolute atomic E-state index is 13.1. The fraction of sp³-hybridized carbons (Fsp3) is 0.286. The zero-order valence-corrected chi connectivity index (χ0v) is 15.5. The van der Waals surface area contributed by atoms with E-state index in [4.69, 9.17) is 4.74 Å². The maximum Gasteiger partial charge on any atom is 0.310 e. The lowest BCUT2D eigenvalue weighted by atomic mass is 9.87. The van der Waals surface area contributed by atoms with Gasteiger partial charge in [0.2, 0.25) is 0 Å². The van der Waals surface area contributed by atoms with Crippen LogP contribution in [0.1, 0.15) is 42.3 Å². The predicted octanol–water partition coefficient (Wildman–Crippen LogP) is 3.17. The van der Waals surface area contributed by atoms with E-state index in [1.165, 1.54) is 18.2 Å². The van der Waals surface area contributed by atoms with Gasteiger partial charge in [-0.1, -0.05) is 45.0 Å². The number of halogens is 1. The third-order valence-corrected chi connectivity index (χ3v) is 3.87. The molecule has 0 unspecified atom stereocenters. The largest absolute Gasteiger partial charge is 0.455 e. The Labute approximate surface area is 157 Å². The molecular weight excluding hydrogens is 349 g/mol. The molecule has 0 aliphatic carbocycles. The second kappa shape index (κ2) is 8.58.